The molecule has 7 heteroatoms. The molecule has 0 aromatic heterocycles. The Balaban J connectivity index is 0.00000341. The fourth-order valence-electron chi connectivity index (χ4n) is 4.26. The van der Waals surface area contributed by atoms with Crippen molar-refractivity contribution in [3.63, 3.8) is 0 Å². The largest absolute Gasteiger partial charge is 0.314 e. The average molecular weight is 466 g/mol. The standard InChI is InChI=1S/C24H35N3O2S.ClH/c1-3-25-23-15-18-27(19-16-23)17-14-22(21-10-6-4-7-11-21)20-26(2)30(28,29)24-12-8-5-9-13-24;/h4-13,22-23,25H,3,14-20H2,1-2H3;1H. The minimum Gasteiger partial charge on any atom is -0.314 e. The highest BCUT2D eigenvalue weighted by Gasteiger charge is 2.25. The van der Waals surface area contributed by atoms with Crippen LogP contribution >= 0.6 is 12.4 Å². The van der Waals surface area contributed by atoms with E-state index in [4.69, 9.17) is 0 Å². The predicted octanol–water partition coefficient (Wildman–Crippen LogP) is 3.98. The van der Waals surface area contributed by atoms with Gasteiger partial charge in [-0.15, -0.1) is 12.4 Å². The summed E-state index contributed by atoms with van der Waals surface area (Å²) in [6.45, 7) is 6.89. The van der Waals surface area contributed by atoms with E-state index in [-0.39, 0.29) is 18.3 Å². The topological polar surface area (TPSA) is 52.6 Å². The maximum Gasteiger partial charge on any atom is 0.242 e. The van der Waals surface area contributed by atoms with Crippen LogP contribution in [-0.2, 0) is 10.0 Å². The molecule has 0 saturated carbocycles. The van der Waals surface area contributed by atoms with Crippen molar-refractivity contribution in [2.24, 2.45) is 0 Å². The number of likely N-dealkylation sites (tertiary alicyclic amines) is 1. The van der Waals surface area contributed by atoms with Gasteiger partial charge in [0.25, 0.3) is 0 Å². The van der Waals surface area contributed by atoms with Crippen LogP contribution in [0, 0.1) is 0 Å². The van der Waals surface area contributed by atoms with Gasteiger partial charge in [0.2, 0.25) is 10.0 Å². The first-order valence-corrected chi connectivity index (χ1v) is 12.5. The zero-order valence-corrected chi connectivity index (χ0v) is 20.2. The molecule has 3 rings (SSSR count). The Morgan fingerprint density at radius 2 is 1.61 bits per heavy atom. The molecule has 1 atom stereocenters. The number of sulfonamides is 1. The first-order chi connectivity index (χ1) is 14.5. The van der Waals surface area contributed by atoms with Crippen molar-refractivity contribution in [1.29, 1.82) is 0 Å². The lowest BCUT2D eigenvalue weighted by Crippen LogP contribution is -2.43. The lowest BCUT2D eigenvalue weighted by atomic mass is 9.94. The maximum absolute atomic E-state index is 13.0. The van der Waals surface area contributed by atoms with Crippen LogP contribution in [0.15, 0.2) is 65.6 Å². The second kappa shape index (κ2) is 12.6. The van der Waals surface area contributed by atoms with Crippen LogP contribution in [0.25, 0.3) is 0 Å². The van der Waals surface area contributed by atoms with Gasteiger partial charge in [0.1, 0.15) is 0 Å². The van der Waals surface area contributed by atoms with Crippen molar-refractivity contribution in [3.05, 3.63) is 66.2 Å². The number of nitrogens with one attached hydrogen (secondary N) is 1. The van der Waals surface area contributed by atoms with Gasteiger partial charge in [-0.25, -0.2) is 12.7 Å². The Labute approximate surface area is 194 Å². The molecule has 0 radical (unpaired) electrons. The summed E-state index contributed by atoms with van der Waals surface area (Å²) < 4.78 is 27.5. The van der Waals surface area contributed by atoms with Gasteiger partial charge in [-0.1, -0.05) is 55.5 Å². The lowest BCUT2D eigenvalue weighted by Gasteiger charge is -2.33. The summed E-state index contributed by atoms with van der Waals surface area (Å²) in [6.07, 6.45) is 3.32. The molecule has 1 unspecified atom stereocenters. The highest BCUT2D eigenvalue weighted by atomic mass is 35.5. The summed E-state index contributed by atoms with van der Waals surface area (Å²) >= 11 is 0. The number of halogens is 1. The minimum atomic E-state index is -3.49. The summed E-state index contributed by atoms with van der Waals surface area (Å²) in [6, 6.07) is 19.7. The molecule has 0 bridgehead atoms. The Morgan fingerprint density at radius 1 is 1.03 bits per heavy atom. The van der Waals surface area contributed by atoms with Crippen LogP contribution in [0.1, 0.15) is 37.7 Å². The van der Waals surface area contributed by atoms with Crippen LogP contribution in [0.4, 0.5) is 0 Å². The molecule has 0 amide bonds. The number of rotatable bonds is 10. The van der Waals surface area contributed by atoms with Crippen LogP contribution in [0.3, 0.4) is 0 Å². The molecule has 1 aliphatic rings. The van der Waals surface area contributed by atoms with Gasteiger partial charge in [-0.05, 0) is 69.1 Å². The molecule has 172 valence electrons. The normalized spacial score (nSPS) is 16.7. The summed E-state index contributed by atoms with van der Waals surface area (Å²) in [7, 11) is -1.79. The Morgan fingerprint density at radius 3 is 2.19 bits per heavy atom. The fourth-order valence-corrected chi connectivity index (χ4v) is 5.49. The molecule has 1 heterocycles. The summed E-state index contributed by atoms with van der Waals surface area (Å²) in [5, 5.41) is 3.55. The Hall–Kier alpha value is -1.44. The second-order valence-electron chi connectivity index (χ2n) is 8.17. The van der Waals surface area contributed by atoms with Crippen LogP contribution in [0.2, 0.25) is 0 Å². The average Bonchev–Trinajstić information content (AvgIpc) is 2.79. The van der Waals surface area contributed by atoms with E-state index < -0.39 is 10.0 Å². The molecule has 1 aliphatic heterocycles. The van der Waals surface area contributed by atoms with Crippen LogP contribution in [-0.4, -0.2) is 63.4 Å². The first-order valence-electron chi connectivity index (χ1n) is 11.0. The Kier molecular flexibility index (Phi) is 10.5. The molecular weight excluding hydrogens is 430 g/mol. The van der Waals surface area contributed by atoms with E-state index in [2.05, 4.69) is 29.3 Å². The zero-order valence-electron chi connectivity index (χ0n) is 18.6. The summed E-state index contributed by atoms with van der Waals surface area (Å²) in [5.74, 6) is 0.168. The highest BCUT2D eigenvalue weighted by Crippen LogP contribution is 2.25. The summed E-state index contributed by atoms with van der Waals surface area (Å²) in [5.41, 5.74) is 1.20. The molecule has 1 saturated heterocycles. The molecule has 2 aromatic rings. The molecule has 0 spiro atoms. The molecule has 1 fully saturated rings. The minimum absolute atomic E-state index is 0. The first kappa shape index (κ1) is 25.8. The van der Waals surface area contributed by atoms with E-state index in [1.165, 1.54) is 22.7 Å². The van der Waals surface area contributed by atoms with Gasteiger partial charge >= 0.3 is 0 Å². The zero-order chi connectivity index (χ0) is 21.4. The van der Waals surface area contributed by atoms with Crippen molar-refractivity contribution >= 4 is 22.4 Å². The van der Waals surface area contributed by atoms with E-state index in [0.717, 1.165) is 32.6 Å². The van der Waals surface area contributed by atoms with Gasteiger partial charge in [-0.3, -0.25) is 0 Å². The highest BCUT2D eigenvalue weighted by molar-refractivity contribution is 7.89. The van der Waals surface area contributed by atoms with E-state index in [9.17, 15) is 8.42 Å². The van der Waals surface area contributed by atoms with Crippen molar-refractivity contribution < 1.29 is 8.42 Å². The maximum atomic E-state index is 13.0. The number of hydrogen-bond donors (Lipinski definition) is 1. The number of likely N-dealkylation sites (N-methyl/N-ethyl adjacent to an activating group) is 1. The second-order valence-corrected chi connectivity index (χ2v) is 10.2. The number of nitrogens with zero attached hydrogens (tertiary/aromatic N) is 2. The van der Waals surface area contributed by atoms with Crippen LogP contribution < -0.4 is 5.32 Å². The smallest absolute Gasteiger partial charge is 0.242 e. The summed E-state index contributed by atoms with van der Waals surface area (Å²) in [4.78, 5) is 2.87. The van der Waals surface area contributed by atoms with Crippen molar-refractivity contribution in [1.82, 2.24) is 14.5 Å². The van der Waals surface area contributed by atoms with Gasteiger partial charge in [0.05, 0.1) is 4.90 Å². The molecule has 0 aliphatic carbocycles. The van der Waals surface area contributed by atoms with Crippen molar-refractivity contribution in [2.45, 2.75) is 43.0 Å². The molecular formula is C24H36ClN3O2S. The Bertz CT molecular complexity index is 857. The SMILES string of the molecule is CCNC1CCN(CCC(CN(C)S(=O)(=O)c2ccccc2)c2ccccc2)CC1.Cl. The van der Waals surface area contributed by atoms with Crippen molar-refractivity contribution in [2.75, 3.05) is 39.8 Å². The lowest BCUT2D eigenvalue weighted by molar-refractivity contribution is 0.191. The molecule has 31 heavy (non-hydrogen) atoms. The molecule has 2 aromatic carbocycles. The van der Waals surface area contributed by atoms with Gasteiger partial charge in [0, 0.05) is 19.6 Å². The third-order valence-electron chi connectivity index (χ3n) is 6.07. The predicted molar refractivity (Wildman–Crippen MR) is 130 cm³/mol. The number of hydrogen-bond acceptors (Lipinski definition) is 4. The quantitative estimate of drug-likeness (QED) is 0.576. The monoisotopic (exact) mass is 465 g/mol. The number of piperidine rings is 1. The van der Waals surface area contributed by atoms with Crippen LogP contribution in [0.5, 0.6) is 0 Å². The van der Waals surface area contributed by atoms with Gasteiger partial charge in [0.15, 0.2) is 0 Å². The van der Waals surface area contributed by atoms with E-state index >= 15 is 0 Å². The van der Waals surface area contributed by atoms with E-state index in [1.807, 2.05) is 24.3 Å². The van der Waals surface area contributed by atoms with Crippen molar-refractivity contribution in [3.8, 4) is 0 Å². The third-order valence-corrected chi connectivity index (χ3v) is 7.91. The molecule has 1 N–H and O–H groups in total. The fraction of sp³-hybridized carbons (Fsp3) is 0.500. The van der Waals surface area contributed by atoms with Gasteiger partial charge in [-0.2, -0.15) is 0 Å². The third kappa shape index (κ3) is 7.29. The number of benzene rings is 2. The molecule has 5 nitrogen and oxygen atoms in total. The van der Waals surface area contributed by atoms with E-state index in [0.29, 0.717) is 17.5 Å². The van der Waals surface area contributed by atoms with Gasteiger partial charge < -0.3 is 10.2 Å². The van der Waals surface area contributed by atoms with E-state index in [1.54, 1.807) is 31.3 Å².